The topological polar surface area (TPSA) is 60.8 Å². The Labute approximate surface area is 175 Å². The molecule has 1 atom stereocenters. The van der Waals surface area contributed by atoms with Gasteiger partial charge < -0.3 is 14.0 Å². The molecule has 2 aromatic carbocycles. The van der Waals surface area contributed by atoms with Gasteiger partial charge in [0.2, 0.25) is 10.0 Å². The Morgan fingerprint density at radius 1 is 0.966 bits per heavy atom. The summed E-state index contributed by atoms with van der Waals surface area (Å²) in [7, 11) is -0.644. The Morgan fingerprint density at radius 2 is 1.76 bits per heavy atom. The highest BCUT2D eigenvalue weighted by Crippen LogP contribution is 2.39. The standard InChI is InChI=1S/C21H21ClN2O4S/c1-27-19-9-8-15(13-20(19)28-2)21-18-7-4-10-23(18)11-12-24(21)29(25,26)17-6-3-5-16(22)14-17/h3-10,13-14,21H,11-12H2,1-2H3/t21-/m1/s1. The van der Waals surface area contributed by atoms with E-state index in [1.807, 2.05) is 30.5 Å². The molecule has 152 valence electrons. The molecule has 0 radical (unpaired) electrons. The minimum Gasteiger partial charge on any atom is -0.493 e. The van der Waals surface area contributed by atoms with E-state index in [4.69, 9.17) is 21.1 Å². The van der Waals surface area contributed by atoms with Crippen LogP contribution in [0.15, 0.2) is 65.7 Å². The van der Waals surface area contributed by atoms with Gasteiger partial charge in [-0.25, -0.2) is 8.42 Å². The van der Waals surface area contributed by atoms with Crippen molar-refractivity contribution in [3.8, 4) is 11.5 Å². The molecule has 1 aromatic heterocycles. The van der Waals surface area contributed by atoms with Crippen LogP contribution in [0.3, 0.4) is 0 Å². The minimum absolute atomic E-state index is 0.176. The van der Waals surface area contributed by atoms with Crippen LogP contribution >= 0.6 is 11.6 Å². The van der Waals surface area contributed by atoms with Gasteiger partial charge in [0.25, 0.3) is 0 Å². The average molecular weight is 433 g/mol. The molecule has 1 aliphatic heterocycles. The van der Waals surface area contributed by atoms with Gasteiger partial charge in [-0.2, -0.15) is 4.31 Å². The Morgan fingerprint density at radius 3 is 2.48 bits per heavy atom. The number of nitrogens with zero attached hydrogens (tertiary/aromatic N) is 2. The van der Waals surface area contributed by atoms with Crippen LogP contribution < -0.4 is 9.47 Å². The quantitative estimate of drug-likeness (QED) is 0.612. The Hall–Kier alpha value is -2.48. The molecule has 29 heavy (non-hydrogen) atoms. The molecule has 0 saturated carbocycles. The van der Waals surface area contributed by atoms with E-state index in [1.54, 1.807) is 38.5 Å². The lowest BCUT2D eigenvalue weighted by atomic mass is 10.0. The number of halogens is 1. The number of benzene rings is 2. The zero-order valence-corrected chi connectivity index (χ0v) is 17.7. The number of fused-ring (bicyclic) bond motifs is 1. The second-order valence-corrected chi connectivity index (χ2v) is 9.04. The minimum atomic E-state index is -3.77. The summed E-state index contributed by atoms with van der Waals surface area (Å²) in [6.45, 7) is 0.918. The van der Waals surface area contributed by atoms with Crippen molar-refractivity contribution in [2.24, 2.45) is 0 Å². The summed E-state index contributed by atoms with van der Waals surface area (Å²) >= 11 is 6.06. The maximum atomic E-state index is 13.5. The molecular weight excluding hydrogens is 412 g/mol. The molecule has 0 aliphatic carbocycles. The van der Waals surface area contributed by atoms with Crippen LogP contribution in [0, 0.1) is 0 Å². The van der Waals surface area contributed by atoms with Gasteiger partial charge in [-0.3, -0.25) is 0 Å². The summed E-state index contributed by atoms with van der Waals surface area (Å²) in [5.41, 5.74) is 1.70. The second kappa shape index (κ2) is 7.74. The summed E-state index contributed by atoms with van der Waals surface area (Å²) in [6.07, 6.45) is 1.96. The highest BCUT2D eigenvalue weighted by Gasteiger charge is 2.38. The molecule has 0 unspecified atom stereocenters. The molecule has 2 heterocycles. The van der Waals surface area contributed by atoms with E-state index in [1.165, 1.54) is 10.4 Å². The Balaban J connectivity index is 1.86. The first-order chi connectivity index (χ1) is 14.0. The summed E-state index contributed by atoms with van der Waals surface area (Å²) in [4.78, 5) is 0.176. The predicted molar refractivity (Wildman–Crippen MR) is 111 cm³/mol. The number of methoxy groups -OCH3 is 2. The number of hydrogen-bond acceptors (Lipinski definition) is 4. The third kappa shape index (κ3) is 3.50. The zero-order valence-electron chi connectivity index (χ0n) is 16.1. The second-order valence-electron chi connectivity index (χ2n) is 6.72. The van der Waals surface area contributed by atoms with E-state index in [0.717, 1.165) is 11.3 Å². The average Bonchev–Trinajstić information content (AvgIpc) is 3.21. The largest absolute Gasteiger partial charge is 0.493 e. The molecule has 0 bridgehead atoms. The van der Waals surface area contributed by atoms with Gasteiger partial charge in [0, 0.05) is 30.0 Å². The lowest BCUT2D eigenvalue weighted by Gasteiger charge is -2.36. The van der Waals surface area contributed by atoms with Crippen molar-refractivity contribution in [2.75, 3.05) is 20.8 Å². The fraction of sp³-hybridized carbons (Fsp3) is 0.238. The molecule has 3 aromatic rings. The Bertz CT molecular complexity index is 1140. The summed E-state index contributed by atoms with van der Waals surface area (Å²) < 4.78 is 41.4. The number of sulfonamides is 1. The van der Waals surface area contributed by atoms with Gasteiger partial charge in [0.1, 0.15) is 0 Å². The van der Waals surface area contributed by atoms with E-state index in [-0.39, 0.29) is 4.90 Å². The third-order valence-electron chi connectivity index (χ3n) is 5.12. The molecule has 0 spiro atoms. The SMILES string of the molecule is COc1ccc([C@@H]2c3cccn3CCN2S(=O)(=O)c2cccc(Cl)c2)cc1OC. The van der Waals surface area contributed by atoms with Gasteiger partial charge in [-0.15, -0.1) is 0 Å². The van der Waals surface area contributed by atoms with Gasteiger partial charge in [0.15, 0.2) is 11.5 Å². The van der Waals surface area contributed by atoms with Crippen molar-refractivity contribution in [3.05, 3.63) is 77.1 Å². The van der Waals surface area contributed by atoms with Crippen LogP contribution in [0.5, 0.6) is 11.5 Å². The lowest BCUT2D eigenvalue weighted by Crippen LogP contribution is -2.42. The molecule has 0 saturated heterocycles. The normalized spacial score (nSPS) is 17.0. The van der Waals surface area contributed by atoms with Crippen molar-refractivity contribution >= 4 is 21.6 Å². The Kier molecular flexibility index (Phi) is 5.29. The molecule has 0 amide bonds. The van der Waals surface area contributed by atoms with Crippen LogP contribution in [0.25, 0.3) is 0 Å². The number of rotatable bonds is 5. The number of aromatic nitrogens is 1. The summed E-state index contributed by atoms with van der Waals surface area (Å²) in [5, 5.41) is 0.383. The predicted octanol–water partition coefficient (Wildman–Crippen LogP) is 3.95. The number of hydrogen-bond donors (Lipinski definition) is 0. The van der Waals surface area contributed by atoms with E-state index < -0.39 is 16.1 Å². The summed E-state index contributed by atoms with van der Waals surface area (Å²) in [6, 6.07) is 15.2. The zero-order chi connectivity index (χ0) is 20.6. The van der Waals surface area contributed by atoms with Crippen LogP contribution in [-0.2, 0) is 16.6 Å². The van der Waals surface area contributed by atoms with Crippen LogP contribution in [0.2, 0.25) is 5.02 Å². The van der Waals surface area contributed by atoms with Crippen molar-refractivity contribution < 1.29 is 17.9 Å². The van der Waals surface area contributed by atoms with Crippen molar-refractivity contribution in [2.45, 2.75) is 17.5 Å². The first kappa shape index (κ1) is 19.8. The van der Waals surface area contributed by atoms with Gasteiger partial charge in [0.05, 0.1) is 25.2 Å². The molecule has 6 nitrogen and oxygen atoms in total. The van der Waals surface area contributed by atoms with Crippen molar-refractivity contribution in [3.63, 3.8) is 0 Å². The highest BCUT2D eigenvalue weighted by atomic mass is 35.5. The molecule has 4 rings (SSSR count). The molecule has 8 heteroatoms. The third-order valence-corrected chi connectivity index (χ3v) is 7.22. The van der Waals surface area contributed by atoms with Crippen LogP contribution in [0.4, 0.5) is 0 Å². The van der Waals surface area contributed by atoms with Crippen LogP contribution in [-0.4, -0.2) is 38.1 Å². The highest BCUT2D eigenvalue weighted by molar-refractivity contribution is 7.89. The van der Waals surface area contributed by atoms with E-state index in [2.05, 4.69) is 4.57 Å². The molecule has 0 fully saturated rings. The fourth-order valence-corrected chi connectivity index (χ4v) is 5.63. The van der Waals surface area contributed by atoms with Gasteiger partial charge in [-0.05, 0) is 48.0 Å². The van der Waals surface area contributed by atoms with Gasteiger partial charge in [-0.1, -0.05) is 23.7 Å². The number of ether oxygens (including phenoxy) is 2. The maximum absolute atomic E-state index is 13.5. The van der Waals surface area contributed by atoms with Crippen LogP contribution in [0.1, 0.15) is 17.3 Å². The summed E-state index contributed by atoms with van der Waals surface area (Å²) in [5.74, 6) is 1.14. The van der Waals surface area contributed by atoms with E-state index in [9.17, 15) is 8.42 Å². The molecule has 0 N–H and O–H groups in total. The van der Waals surface area contributed by atoms with E-state index in [0.29, 0.717) is 29.6 Å². The molecule has 1 aliphatic rings. The fourth-order valence-electron chi connectivity index (χ4n) is 3.74. The lowest BCUT2D eigenvalue weighted by molar-refractivity contribution is 0.296. The first-order valence-electron chi connectivity index (χ1n) is 9.10. The first-order valence-corrected chi connectivity index (χ1v) is 10.9. The smallest absolute Gasteiger partial charge is 0.244 e. The van der Waals surface area contributed by atoms with Crippen molar-refractivity contribution in [1.29, 1.82) is 0 Å². The maximum Gasteiger partial charge on any atom is 0.244 e. The van der Waals surface area contributed by atoms with Gasteiger partial charge >= 0.3 is 0 Å². The van der Waals surface area contributed by atoms with E-state index >= 15 is 0 Å². The van der Waals surface area contributed by atoms with Crippen molar-refractivity contribution in [1.82, 2.24) is 8.87 Å². The molecular formula is C21H21ClN2O4S. The monoisotopic (exact) mass is 432 g/mol.